The van der Waals surface area contributed by atoms with Gasteiger partial charge in [-0.2, -0.15) is 0 Å². The zero-order valence-electron chi connectivity index (χ0n) is 13.6. The third-order valence-electron chi connectivity index (χ3n) is 4.10. The maximum Gasteiger partial charge on any atom is 0.344 e. The van der Waals surface area contributed by atoms with Crippen molar-refractivity contribution in [1.82, 2.24) is 0 Å². The smallest absolute Gasteiger partial charge is 0.344 e. The van der Waals surface area contributed by atoms with E-state index in [9.17, 15) is 4.79 Å². The van der Waals surface area contributed by atoms with Crippen LogP contribution in [0.5, 0.6) is 5.75 Å². The van der Waals surface area contributed by atoms with Crippen molar-refractivity contribution in [2.24, 2.45) is 0 Å². The Balaban J connectivity index is 2.43. The molecule has 0 aliphatic carbocycles. The molecular formula is C19H20O3. The highest BCUT2D eigenvalue weighted by Gasteiger charge is 2.17. The van der Waals surface area contributed by atoms with Crippen molar-refractivity contribution < 1.29 is 9.15 Å². The predicted molar refractivity (Wildman–Crippen MR) is 90.0 cm³/mol. The Labute approximate surface area is 129 Å². The van der Waals surface area contributed by atoms with E-state index in [2.05, 4.69) is 26.8 Å². The second-order valence-corrected chi connectivity index (χ2v) is 6.72. The summed E-state index contributed by atoms with van der Waals surface area (Å²) in [5.74, 6) is 0.794. The Kier molecular flexibility index (Phi) is 3.24. The molecule has 0 saturated carbocycles. The number of benzene rings is 2. The van der Waals surface area contributed by atoms with Crippen LogP contribution in [0.1, 0.15) is 31.9 Å². The lowest BCUT2D eigenvalue weighted by Crippen LogP contribution is -2.12. The highest BCUT2D eigenvalue weighted by molar-refractivity contribution is 6.05. The monoisotopic (exact) mass is 296 g/mol. The van der Waals surface area contributed by atoms with Gasteiger partial charge in [-0.15, -0.1) is 0 Å². The molecule has 0 spiro atoms. The van der Waals surface area contributed by atoms with Gasteiger partial charge < -0.3 is 9.15 Å². The van der Waals surface area contributed by atoms with Crippen LogP contribution in [0, 0.1) is 6.92 Å². The molecule has 0 aliphatic heterocycles. The summed E-state index contributed by atoms with van der Waals surface area (Å²) in [4.78, 5) is 12.3. The third kappa shape index (κ3) is 2.27. The van der Waals surface area contributed by atoms with Gasteiger partial charge in [0.25, 0.3) is 0 Å². The standard InChI is InChI=1S/C19H20O3/c1-11-8-17-14(10-16(11)21-5)13-7-6-12(19(2,3)4)9-15(13)18(20)22-17/h6-10H,1-5H3. The van der Waals surface area contributed by atoms with Gasteiger partial charge in [0.15, 0.2) is 0 Å². The van der Waals surface area contributed by atoms with Gasteiger partial charge in [0.1, 0.15) is 11.3 Å². The molecule has 114 valence electrons. The first kappa shape index (κ1) is 14.6. The molecule has 0 unspecified atom stereocenters. The van der Waals surface area contributed by atoms with Gasteiger partial charge in [-0.05, 0) is 41.7 Å². The molecule has 3 nitrogen and oxygen atoms in total. The van der Waals surface area contributed by atoms with Crippen molar-refractivity contribution in [3.05, 3.63) is 51.9 Å². The Hall–Kier alpha value is -2.29. The van der Waals surface area contributed by atoms with Gasteiger partial charge >= 0.3 is 5.63 Å². The van der Waals surface area contributed by atoms with Gasteiger partial charge in [-0.25, -0.2) is 4.79 Å². The lowest BCUT2D eigenvalue weighted by molar-refractivity contribution is 0.412. The SMILES string of the molecule is COc1cc2c(cc1C)oc(=O)c1cc(C(C)(C)C)ccc12. The van der Waals surface area contributed by atoms with E-state index in [1.54, 1.807) is 7.11 Å². The molecule has 0 N–H and O–H groups in total. The van der Waals surface area contributed by atoms with E-state index in [1.165, 1.54) is 0 Å². The fourth-order valence-corrected chi connectivity index (χ4v) is 2.75. The summed E-state index contributed by atoms with van der Waals surface area (Å²) < 4.78 is 10.9. The van der Waals surface area contributed by atoms with E-state index in [1.807, 2.05) is 31.2 Å². The Morgan fingerprint density at radius 3 is 2.36 bits per heavy atom. The number of hydrogen-bond donors (Lipinski definition) is 0. The zero-order chi connectivity index (χ0) is 16.1. The number of aryl methyl sites for hydroxylation is 1. The number of ether oxygens (including phenoxy) is 1. The van der Waals surface area contributed by atoms with Crippen LogP contribution in [0.25, 0.3) is 21.7 Å². The molecule has 1 heterocycles. The van der Waals surface area contributed by atoms with Crippen molar-refractivity contribution in [2.75, 3.05) is 7.11 Å². The summed E-state index contributed by atoms with van der Waals surface area (Å²) in [6.07, 6.45) is 0. The van der Waals surface area contributed by atoms with E-state index in [4.69, 9.17) is 9.15 Å². The minimum absolute atomic E-state index is 0.0133. The van der Waals surface area contributed by atoms with Crippen LogP contribution in [0.3, 0.4) is 0 Å². The average Bonchev–Trinajstić information content (AvgIpc) is 2.45. The van der Waals surface area contributed by atoms with Gasteiger partial charge in [0.2, 0.25) is 0 Å². The molecule has 0 atom stereocenters. The maximum absolute atomic E-state index is 12.3. The van der Waals surface area contributed by atoms with Gasteiger partial charge in [0.05, 0.1) is 12.5 Å². The number of fused-ring (bicyclic) bond motifs is 3. The minimum atomic E-state index is -0.293. The summed E-state index contributed by atoms with van der Waals surface area (Å²) >= 11 is 0. The second-order valence-electron chi connectivity index (χ2n) is 6.72. The molecule has 0 amide bonds. The number of methoxy groups -OCH3 is 1. The Bertz CT molecular complexity index is 927. The molecule has 3 aromatic rings. The molecule has 0 radical (unpaired) electrons. The summed E-state index contributed by atoms with van der Waals surface area (Å²) in [6, 6.07) is 9.81. The van der Waals surface area contributed by atoms with E-state index in [0.717, 1.165) is 27.6 Å². The quantitative estimate of drug-likeness (QED) is 0.488. The highest BCUT2D eigenvalue weighted by atomic mass is 16.5. The van der Waals surface area contributed by atoms with Crippen molar-refractivity contribution in [1.29, 1.82) is 0 Å². The van der Waals surface area contributed by atoms with Gasteiger partial charge in [0, 0.05) is 10.8 Å². The summed E-state index contributed by atoms with van der Waals surface area (Å²) in [7, 11) is 1.65. The topological polar surface area (TPSA) is 39.4 Å². The molecular weight excluding hydrogens is 276 g/mol. The minimum Gasteiger partial charge on any atom is -0.496 e. The van der Waals surface area contributed by atoms with Crippen molar-refractivity contribution in [2.45, 2.75) is 33.1 Å². The predicted octanol–water partition coefficient (Wildman–Crippen LogP) is 4.56. The maximum atomic E-state index is 12.3. The molecule has 0 aliphatic rings. The van der Waals surface area contributed by atoms with Crippen LogP contribution in [0.15, 0.2) is 39.5 Å². The third-order valence-corrected chi connectivity index (χ3v) is 4.10. The van der Waals surface area contributed by atoms with Crippen LogP contribution >= 0.6 is 0 Å². The van der Waals surface area contributed by atoms with Gasteiger partial charge in [-0.3, -0.25) is 0 Å². The summed E-state index contributed by atoms with van der Waals surface area (Å²) in [5.41, 5.74) is 2.35. The first-order valence-corrected chi connectivity index (χ1v) is 7.37. The van der Waals surface area contributed by atoms with Crippen molar-refractivity contribution in [3.63, 3.8) is 0 Å². The normalized spacial score (nSPS) is 12.0. The fourth-order valence-electron chi connectivity index (χ4n) is 2.75. The summed E-state index contributed by atoms with van der Waals surface area (Å²) in [6.45, 7) is 8.32. The molecule has 1 aromatic heterocycles. The summed E-state index contributed by atoms with van der Waals surface area (Å²) in [5, 5.41) is 2.42. The van der Waals surface area contributed by atoms with Crippen LogP contribution in [0.4, 0.5) is 0 Å². The Morgan fingerprint density at radius 2 is 1.73 bits per heavy atom. The molecule has 3 rings (SSSR count). The number of hydrogen-bond acceptors (Lipinski definition) is 3. The van der Waals surface area contributed by atoms with E-state index in [-0.39, 0.29) is 11.0 Å². The average molecular weight is 296 g/mol. The first-order valence-electron chi connectivity index (χ1n) is 7.37. The van der Waals surface area contributed by atoms with Crippen molar-refractivity contribution >= 4 is 21.7 Å². The van der Waals surface area contributed by atoms with Crippen LogP contribution in [-0.4, -0.2) is 7.11 Å². The Morgan fingerprint density at radius 1 is 1.00 bits per heavy atom. The molecule has 22 heavy (non-hydrogen) atoms. The molecule has 0 saturated heterocycles. The molecule has 3 heteroatoms. The van der Waals surface area contributed by atoms with E-state index in [0.29, 0.717) is 11.0 Å². The zero-order valence-corrected chi connectivity index (χ0v) is 13.6. The van der Waals surface area contributed by atoms with Crippen LogP contribution in [0.2, 0.25) is 0 Å². The van der Waals surface area contributed by atoms with Gasteiger partial charge in [-0.1, -0.05) is 32.9 Å². The van der Waals surface area contributed by atoms with Crippen LogP contribution < -0.4 is 10.4 Å². The lowest BCUT2D eigenvalue weighted by atomic mass is 9.86. The second kappa shape index (κ2) is 4.87. The lowest BCUT2D eigenvalue weighted by Gasteiger charge is -2.19. The van der Waals surface area contributed by atoms with E-state index >= 15 is 0 Å². The molecule has 0 bridgehead atoms. The largest absolute Gasteiger partial charge is 0.496 e. The first-order chi connectivity index (χ1) is 10.3. The number of rotatable bonds is 1. The van der Waals surface area contributed by atoms with Crippen molar-refractivity contribution in [3.8, 4) is 5.75 Å². The van der Waals surface area contributed by atoms with E-state index < -0.39 is 0 Å². The highest BCUT2D eigenvalue weighted by Crippen LogP contribution is 2.32. The van der Waals surface area contributed by atoms with Crippen LogP contribution in [-0.2, 0) is 5.41 Å². The molecule has 2 aromatic carbocycles. The fraction of sp³-hybridized carbons (Fsp3) is 0.316. The molecule has 0 fully saturated rings.